The van der Waals surface area contributed by atoms with Gasteiger partial charge < -0.3 is 19.7 Å². The van der Waals surface area contributed by atoms with Crippen LogP contribution in [0.2, 0.25) is 0 Å². The van der Waals surface area contributed by atoms with Crippen molar-refractivity contribution in [2.75, 3.05) is 6.54 Å². The topological polar surface area (TPSA) is 82.6 Å². The molecule has 1 saturated heterocycles. The van der Waals surface area contributed by atoms with Crippen LogP contribution in [0, 0.1) is 0 Å². The second kappa shape index (κ2) is 8.91. The van der Waals surface area contributed by atoms with Crippen molar-refractivity contribution in [3.8, 4) is 5.75 Å². The Labute approximate surface area is 187 Å². The van der Waals surface area contributed by atoms with Crippen molar-refractivity contribution in [2.45, 2.75) is 45.8 Å². The summed E-state index contributed by atoms with van der Waals surface area (Å²) in [5.41, 5.74) is 2.20. The number of hydrogen-bond donors (Lipinski definition) is 2. The first-order valence-electron chi connectivity index (χ1n) is 11.0. The number of carbonyl (C=O) groups is 2. The number of benzene rings is 2. The van der Waals surface area contributed by atoms with E-state index in [0.29, 0.717) is 17.9 Å². The normalized spacial score (nSPS) is 18.1. The number of rotatable bonds is 7. The van der Waals surface area contributed by atoms with Gasteiger partial charge >= 0.3 is 0 Å². The van der Waals surface area contributed by atoms with Crippen molar-refractivity contribution in [1.82, 2.24) is 9.88 Å². The molecule has 32 heavy (non-hydrogen) atoms. The zero-order valence-corrected chi connectivity index (χ0v) is 18.6. The van der Waals surface area contributed by atoms with Gasteiger partial charge in [0.2, 0.25) is 0 Å². The second-order valence-electron chi connectivity index (χ2n) is 8.33. The monoisotopic (exact) mass is 432 g/mol. The van der Waals surface area contributed by atoms with Crippen molar-refractivity contribution in [3.63, 3.8) is 0 Å². The number of nitrogens with one attached hydrogen (secondary N) is 1. The standard InChI is InChI=1S/C26H28N2O4/c1-4-5-13-28-23(17-9-8-10-18(14-17)32-16(2)3)22(25(30)26(28)31)24(29)20-15-27-21-12-7-6-11-19(20)21/h6-12,14-16,23,27,29H,4-5,13H2,1-3H3/b24-22-. The minimum absolute atomic E-state index is 0.0112. The quantitative estimate of drug-likeness (QED) is 0.306. The van der Waals surface area contributed by atoms with Gasteiger partial charge in [0.25, 0.3) is 11.7 Å². The number of fused-ring (bicyclic) bond motifs is 1. The molecule has 1 aliphatic rings. The Hall–Kier alpha value is -3.54. The lowest BCUT2D eigenvalue weighted by atomic mass is 9.95. The molecule has 2 aromatic carbocycles. The Morgan fingerprint density at radius 2 is 1.94 bits per heavy atom. The molecular formula is C26H28N2O4. The molecule has 0 radical (unpaired) electrons. The first kappa shape index (κ1) is 21.7. The van der Waals surface area contributed by atoms with Crippen LogP contribution < -0.4 is 4.74 Å². The molecular weight excluding hydrogens is 404 g/mol. The fourth-order valence-corrected chi connectivity index (χ4v) is 4.23. The van der Waals surface area contributed by atoms with Gasteiger partial charge in [0.15, 0.2) is 0 Å². The van der Waals surface area contributed by atoms with Crippen LogP contribution >= 0.6 is 0 Å². The Kier molecular flexibility index (Phi) is 6.04. The van der Waals surface area contributed by atoms with Gasteiger partial charge in [-0.2, -0.15) is 0 Å². The minimum atomic E-state index is -0.675. The van der Waals surface area contributed by atoms with Crippen LogP contribution in [0.4, 0.5) is 0 Å². The average Bonchev–Trinajstić information content (AvgIpc) is 3.31. The molecule has 0 bridgehead atoms. The van der Waals surface area contributed by atoms with Gasteiger partial charge in [0.1, 0.15) is 11.5 Å². The number of aromatic nitrogens is 1. The number of unbranched alkanes of at least 4 members (excludes halogenated alkanes) is 1. The molecule has 4 rings (SSSR count). The molecule has 0 spiro atoms. The molecule has 1 aromatic heterocycles. The van der Waals surface area contributed by atoms with E-state index < -0.39 is 17.7 Å². The van der Waals surface area contributed by atoms with E-state index in [1.807, 2.05) is 69.3 Å². The number of carbonyl (C=O) groups excluding carboxylic acids is 2. The number of H-pyrrole nitrogens is 1. The fraction of sp³-hybridized carbons (Fsp3) is 0.308. The number of likely N-dealkylation sites (tertiary alicyclic amines) is 1. The maximum atomic E-state index is 13.1. The number of aliphatic hydroxyl groups is 1. The fourth-order valence-electron chi connectivity index (χ4n) is 4.23. The van der Waals surface area contributed by atoms with E-state index >= 15 is 0 Å². The van der Waals surface area contributed by atoms with Gasteiger partial charge in [-0.1, -0.05) is 43.7 Å². The van der Waals surface area contributed by atoms with Gasteiger partial charge in [0.05, 0.1) is 17.7 Å². The van der Waals surface area contributed by atoms with E-state index in [1.54, 1.807) is 11.1 Å². The molecule has 2 N–H and O–H groups in total. The predicted molar refractivity (Wildman–Crippen MR) is 124 cm³/mol. The molecule has 6 heteroatoms. The van der Waals surface area contributed by atoms with Crippen molar-refractivity contribution in [3.05, 3.63) is 71.4 Å². The van der Waals surface area contributed by atoms with Crippen LogP contribution in [-0.4, -0.2) is 39.3 Å². The number of hydrogen-bond acceptors (Lipinski definition) is 4. The summed E-state index contributed by atoms with van der Waals surface area (Å²) in [6.07, 6.45) is 3.31. The summed E-state index contributed by atoms with van der Waals surface area (Å²) >= 11 is 0. The first-order valence-corrected chi connectivity index (χ1v) is 11.0. The molecule has 1 fully saturated rings. The number of ketones is 1. The zero-order valence-electron chi connectivity index (χ0n) is 18.6. The van der Waals surface area contributed by atoms with Crippen molar-refractivity contribution in [2.24, 2.45) is 0 Å². The zero-order chi connectivity index (χ0) is 22.8. The largest absolute Gasteiger partial charge is 0.507 e. The van der Waals surface area contributed by atoms with Crippen LogP contribution in [0.15, 0.2) is 60.3 Å². The average molecular weight is 433 g/mol. The Balaban J connectivity index is 1.88. The highest BCUT2D eigenvalue weighted by atomic mass is 16.5. The van der Waals surface area contributed by atoms with E-state index in [0.717, 1.165) is 29.3 Å². The van der Waals surface area contributed by atoms with Gasteiger partial charge in [0, 0.05) is 29.2 Å². The Bertz CT molecular complexity index is 1190. The lowest BCUT2D eigenvalue weighted by molar-refractivity contribution is -0.139. The van der Waals surface area contributed by atoms with E-state index in [4.69, 9.17) is 4.74 Å². The van der Waals surface area contributed by atoms with Crippen LogP contribution in [0.5, 0.6) is 5.75 Å². The minimum Gasteiger partial charge on any atom is -0.507 e. The molecule has 1 atom stereocenters. The highest BCUT2D eigenvalue weighted by Gasteiger charge is 2.46. The number of para-hydroxylation sites is 1. The predicted octanol–water partition coefficient (Wildman–Crippen LogP) is 5.18. The Morgan fingerprint density at radius 1 is 1.16 bits per heavy atom. The summed E-state index contributed by atoms with van der Waals surface area (Å²) in [7, 11) is 0. The van der Waals surface area contributed by atoms with Crippen LogP contribution in [0.25, 0.3) is 16.7 Å². The maximum absolute atomic E-state index is 13.1. The first-order chi connectivity index (χ1) is 15.4. The summed E-state index contributed by atoms with van der Waals surface area (Å²) in [5.74, 6) is -0.755. The van der Waals surface area contributed by atoms with Crippen LogP contribution in [0.3, 0.4) is 0 Å². The number of amides is 1. The van der Waals surface area contributed by atoms with E-state index in [-0.39, 0.29) is 17.4 Å². The second-order valence-corrected chi connectivity index (χ2v) is 8.33. The van der Waals surface area contributed by atoms with Gasteiger partial charge in [-0.25, -0.2) is 0 Å². The molecule has 0 saturated carbocycles. The molecule has 1 amide bonds. The third-order valence-corrected chi connectivity index (χ3v) is 5.68. The van der Waals surface area contributed by atoms with Crippen LogP contribution in [0.1, 0.15) is 50.8 Å². The molecule has 0 aliphatic carbocycles. The molecule has 166 valence electrons. The van der Waals surface area contributed by atoms with E-state index in [9.17, 15) is 14.7 Å². The van der Waals surface area contributed by atoms with E-state index in [2.05, 4.69) is 4.98 Å². The Morgan fingerprint density at radius 3 is 2.69 bits per heavy atom. The number of ether oxygens (including phenoxy) is 1. The molecule has 2 heterocycles. The van der Waals surface area contributed by atoms with Crippen molar-refractivity contribution >= 4 is 28.4 Å². The summed E-state index contributed by atoms with van der Waals surface area (Å²) in [5, 5.41) is 12.1. The van der Waals surface area contributed by atoms with Crippen molar-refractivity contribution in [1.29, 1.82) is 0 Å². The lowest BCUT2D eigenvalue weighted by Crippen LogP contribution is -2.30. The summed E-state index contributed by atoms with van der Waals surface area (Å²) < 4.78 is 5.84. The van der Waals surface area contributed by atoms with Crippen molar-refractivity contribution < 1.29 is 19.4 Å². The van der Waals surface area contributed by atoms with E-state index in [1.165, 1.54) is 0 Å². The van der Waals surface area contributed by atoms with Gasteiger partial charge in [-0.05, 0) is 44.0 Å². The molecule has 3 aromatic rings. The smallest absolute Gasteiger partial charge is 0.295 e. The molecule has 1 aliphatic heterocycles. The molecule has 6 nitrogen and oxygen atoms in total. The summed E-state index contributed by atoms with van der Waals surface area (Å²) in [6, 6.07) is 14.3. The third kappa shape index (κ3) is 3.88. The molecule has 1 unspecified atom stereocenters. The maximum Gasteiger partial charge on any atom is 0.295 e. The highest BCUT2D eigenvalue weighted by molar-refractivity contribution is 6.46. The third-order valence-electron chi connectivity index (χ3n) is 5.68. The number of Topliss-reactive ketones (excluding diaryl/α,β-unsaturated/α-hetero) is 1. The number of nitrogens with zero attached hydrogens (tertiary/aromatic N) is 1. The number of aromatic amines is 1. The highest BCUT2D eigenvalue weighted by Crippen LogP contribution is 2.41. The summed E-state index contributed by atoms with van der Waals surface area (Å²) in [4.78, 5) is 30.8. The van der Waals surface area contributed by atoms with Gasteiger partial charge in [-0.15, -0.1) is 0 Å². The lowest BCUT2D eigenvalue weighted by Gasteiger charge is -2.25. The summed E-state index contributed by atoms with van der Waals surface area (Å²) in [6.45, 7) is 6.36. The van der Waals surface area contributed by atoms with Gasteiger partial charge in [-0.3, -0.25) is 9.59 Å². The number of aliphatic hydroxyl groups excluding tert-OH is 1. The van der Waals surface area contributed by atoms with Crippen LogP contribution in [-0.2, 0) is 9.59 Å². The SMILES string of the molecule is CCCCN1C(=O)C(=O)/C(=C(\O)c2c[nH]c3ccccc23)C1c1cccc(OC(C)C)c1.